The number of para-hydroxylation sites is 1. The lowest BCUT2D eigenvalue weighted by molar-refractivity contribution is 0.522. The third-order valence-electron chi connectivity index (χ3n) is 3.54. The fraction of sp³-hybridized carbons (Fsp3) is 0.429. The summed E-state index contributed by atoms with van der Waals surface area (Å²) in [5.41, 5.74) is 2.25. The molecule has 1 aromatic heterocycles. The molecule has 0 aliphatic rings. The van der Waals surface area contributed by atoms with Gasteiger partial charge in [0.15, 0.2) is 9.84 Å². The van der Waals surface area contributed by atoms with E-state index in [0.29, 0.717) is 13.1 Å². The Hall–Kier alpha value is -1.33. The van der Waals surface area contributed by atoms with Crippen molar-refractivity contribution in [3.8, 4) is 0 Å². The van der Waals surface area contributed by atoms with Crippen LogP contribution in [-0.4, -0.2) is 30.9 Å². The van der Waals surface area contributed by atoms with Gasteiger partial charge in [0, 0.05) is 31.1 Å². The van der Waals surface area contributed by atoms with Crippen molar-refractivity contribution in [2.24, 2.45) is 0 Å². The number of benzene rings is 1. The van der Waals surface area contributed by atoms with E-state index >= 15 is 0 Å². The first-order valence-electron chi connectivity index (χ1n) is 6.26. The Bertz CT molecular complexity index is 672. The van der Waals surface area contributed by atoms with E-state index < -0.39 is 14.6 Å². The number of rotatable bonds is 5. The van der Waals surface area contributed by atoms with Crippen LogP contribution in [0.2, 0.25) is 0 Å². The third kappa shape index (κ3) is 2.98. The molecule has 0 fully saturated rings. The molecule has 0 bridgehead atoms. The molecule has 0 amide bonds. The largest absolute Gasteiger partial charge is 0.361 e. The Labute approximate surface area is 114 Å². The molecule has 0 aliphatic heterocycles. The molecular formula is C14H20N2O2S. The van der Waals surface area contributed by atoms with Crippen molar-refractivity contribution < 1.29 is 8.42 Å². The standard InChI is InChI=1S/C14H20N2O2S/c1-14(2,19(3,17)18)10-15-9-12-6-4-5-11-7-8-16-13(11)12/h4-8,15-16H,9-10H2,1-3H3. The van der Waals surface area contributed by atoms with Crippen molar-refractivity contribution in [1.29, 1.82) is 0 Å². The van der Waals surface area contributed by atoms with E-state index in [1.807, 2.05) is 24.4 Å². The van der Waals surface area contributed by atoms with Crippen molar-refractivity contribution in [2.75, 3.05) is 12.8 Å². The summed E-state index contributed by atoms with van der Waals surface area (Å²) in [5.74, 6) is 0. The number of hydrogen-bond acceptors (Lipinski definition) is 3. The summed E-state index contributed by atoms with van der Waals surface area (Å²) in [7, 11) is -3.06. The first-order chi connectivity index (χ1) is 8.81. The van der Waals surface area contributed by atoms with E-state index in [-0.39, 0.29) is 0 Å². The van der Waals surface area contributed by atoms with Crippen LogP contribution in [-0.2, 0) is 16.4 Å². The van der Waals surface area contributed by atoms with Crippen LogP contribution in [0.1, 0.15) is 19.4 Å². The number of fused-ring (bicyclic) bond motifs is 1. The molecule has 2 aromatic rings. The van der Waals surface area contributed by atoms with E-state index in [4.69, 9.17) is 0 Å². The van der Waals surface area contributed by atoms with Gasteiger partial charge < -0.3 is 10.3 Å². The number of nitrogens with one attached hydrogen (secondary N) is 2. The molecule has 2 N–H and O–H groups in total. The molecule has 0 unspecified atom stereocenters. The molecule has 2 rings (SSSR count). The predicted molar refractivity (Wildman–Crippen MR) is 78.9 cm³/mol. The van der Waals surface area contributed by atoms with E-state index in [9.17, 15) is 8.42 Å². The van der Waals surface area contributed by atoms with Gasteiger partial charge in [0.25, 0.3) is 0 Å². The number of aromatic amines is 1. The molecule has 0 saturated heterocycles. The molecule has 0 aliphatic carbocycles. The highest BCUT2D eigenvalue weighted by Crippen LogP contribution is 2.18. The smallest absolute Gasteiger partial charge is 0.153 e. The normalized spacial score (nSPS) is 13.0. The minimum atomic E-state index is -3.06. The molecule has 1 aromatic carbocycles. The summed E-state index contributed by atoms with van der Waals surface area (Å²) >= 11 is 0. The minimum Gasteiger partial charge on any atom is -0.361 e. The number of H-pyrrole nitrogens is 1. The highest BCUT2D eigenvalue weighted by Gasteiger charge is 2.29. The van der Waals surface area contributed by atoms with Crippen LogP contribution in [0.25, 0.3) is 10.9 Å². The fourth-order valence-corrected chi connectivity index (χ4v) is 2.29. The lowest BCUT2D eigenvalue weighted by atomic mass is 10.1. The summed E-state index contributed by atoms with van der Waals surface area (Å²) < 4.78 is 22.5. The third-order valence-corrected chi connectivity index (χ3v) is 5.70. The van der Waals surface area contributed by atoms with Crippen LogP contribution in [0.5, 0.6) is 0 Å². The zero-order valence-corrected chi connectivity index (χ0v) is 12.3. The van der Waals surface area contributed by atoms with Crippen molar-refractivity contribution in [1.82, 2.24) is 10.3 Å². The Morgan fingerprint density at radius 3 is 2.68 bits per heavy atom. The van der Waals surface area contributed by atoms with Gasteiger partial charge in [0.2, 0.25) is 0 Å². The lowest BCUT2D eigenvalue weighted by Gasteiger charge is -2.22. The summed E-state index contributed by atoms with van der Waals surface area (Å²) in [5, 5.41) is 4.40. The predicted octanol–water partition coefficient (Wildman–Crippen LogP) is 2.08. The second kappa shape index (κ2) is 4.98. The monoisotopic (exact) mass is 280 g/mol. The van der Waals surface area contributed by atoms with Gasteiger partial charge in [-0.2, -0.15) is 0 Å². The maximum absolute atomic E-state index is 11.6. The fourth-order valence-electron chi connectivity index (χ4n) is 1.93. The average Bonchev–Trinajstić information content (AvgIpc) is 2.76. The van der Waals surface area contributed by atoms with Crippen molar-refractivity contribution in [3.05, 3.63) is 36.0 Å². The van der Waals surface area contributed by atoms with Crippen LogP contribution >= 0.6 is 0 Å². The molecule has 1 heterocycles. The maximum Gasteiger partial charge on any atom is 0.153 e. The van der Waals surface area contributed by atoms with Crippen LogP contribution in [0.15, 0.2) is 30.5 Å². The molecule has 0 saturated carbocycles. The van der Waals surface area contributed by atoms with Gasteiger partial charge in [-0.25, -0.2) is 8.42 Å². The molecule has 5 heteroatoms. The Balaban J connectivity index is 2.06. The van der Waals surface area contributed by atoms with E-state index in [2.05, 4.69) is 16.4 Å². The summed E-state index contributed by atoms with van der Waals surface area (Å²) in [6, 6.07) is 8.13. The van der Waals surface area contributed by atoms with Gasteiger partial charge in [-0.1, -0.05) is 18.2 Å². The van der Waals surface area contributed by atoms with Gasteiger partial charge >= 0.3 is 0 Å². The first kappa shape index (κ1) is 14.1. The molecule has 104 valence electrons. The zero-order valence-electron chi connectivity index (χ0n) is 11.5. The van der Waals surface area contributed by atoms with Gasteiger partial charge in [0.1, 0.15) is 0 Å². The Morgan fingerprint density at radius 2 is 2.00 bits per heavy atom. The van der Waals surface area contributed by atoms with Gasteiger partial charge in [-0.3, -0.25) is 0 Å². The first-order valence-corrected chi connectivity index (χ1v) is 8.16. The number of sulfone groups is 1. The Morgan fingerprint density at radius 1 is 1.26 bits per heavy atom. The number of aromatic nitrogens is 1. The van der Waals surface area contributed by atoms with Crippen LogP contribution < -0.4 is 5.32 Å². The van der Waals surface area contributed by atoms with Crippen LogP contribution in [0.4, 0.5) is 0 Å². The van der Waals surface area contributed by atoms with Gasteiger partial charge in [0.05, 0.1) is 4.75 Å². The lowest BCUT2D eigenvalue weighted by Crippen LogP contribution is -2.41. The second-order valence-corrected chi connectivity index (χ2v) is 8.14. The van der Waals surface area contributed by atoms with Crippen molar-refractivity contribution in [3.63, 3.8) is 0 Å². The number of hydrogen-bond donors (Lipinski definition) is 2. The van der Waals surface area contributed by atoms with Crippen LogP contribution in [0, 0.1) is 0 Å². The van der Waals surface area contributed by atoms with Crippen LogP contribution in [0.3, 0.4) is 0 Å². The van der Waals surface area contributed by atoms with E-state index in [1.165, 1.54) is 11.6 Å². The maximum atomic E-state index is 11.6. The van der Waals surface area contributed by atoms with E-state index in [0.717, 1.165) is 11.1 Å². The van der Waals surface area contributed by atoms with Crippen molar-refractivity contribution >= 4 is 20.7 Å². The molecule has 0 spiro atoms. The molecule has 4 nitrogen and oxygen atoms in total. The van der Waals surface area contributed by atoms with E-state index in [1.54, 1.807) is 13.8 Å². The molecule has 0 radical (unpaired) electrons. The minimum absolute atomic E-state index is 0.433. The summed E-state index contributed by atoms with van der Waals surface area (Å²) in [6.45, 7) is 4.56. The highest BCUT2D eigenvalue weighted by atomic mass is 32.2. The average molecular weight is 280 g/mol. The topological polar surface area (TPSA) is 62.0 Å². The molecular weight excluding hydrogens is 260 g/mol. The zero-order chi connectivity index (χ0) is 14.1. The van der Waals surface area contributed by atoms with Gasteiger partial charge in [-0.15, -0.1) is 0 Å². The quantitative estimate of drug-likeness (QED) is 0.881. The second-order valence-electron chi connectivity index (χ2n) is 5.49. The highest BCUT2D eigenvalue weighted by molar-refractivity contribution is 7.92. The summed E-state index contributed by atoms with van der Waals surface area (Å²) in [6.07, 6.45) is 3.19. The summed E-state index contributed by atoms with van der Waals surface area (Å²) in [4.78, 5) is 3.21. The molecule has 19 heavy (non-hydrogen) atoms. The van der Waals surface area contributed by atoms with Gasteiger partial charge in [-0.05, 0) is 30.9 Å². The molecule has 0 atom stereocenters. The Kier molecular flexibility index (Phi) is 3.69. The van der Waals surface area contributed by atoms with Crippen molar-refractivity contribution in [2.45, 2.75) is 25.1 Å². The SMILES string of the molecule is CC(C)(CNCc1cccc2cc[nH]c12)S(C)(=O)=O.